The van der Waals surface area contributed by atoms with Crippen LogP contribution in [0.3, 0.4) is 0 Å². The second-order valence-corrected chi connectivity index (χ2v) is 6.60. The molecule has 0 heterocycles. The first-order valence-corrected chi connectivity index (χ1v) is 8.67. The van der Waals surface area contributed by atoms with Gasteiger partial charge < -0.3 is 15.4 Å². The van der Waals surface area contributed by atoms with Crippen LogP contribution in [0, 0.1) is 11.7 Å². The van der Waals surface area contributed by atoms with Crippen molar-refractivity contribution < 1.29 is 27.5 Å². The summed E-state index contributed by atoms with van der Waals surface area (Å²) in [5.41, 5.74) is 0.0416. The number of halogens is 4. The number of carbonyl (C=O) groups excluding carboxylic acids is 2. The van der Waals surface area contributed by atoms with Crippen LogP contribution in [0.25, 0.3) is 0 Å². The molecule has 0 spiro atoms. The molecule has 0 aliphatic carbocycles. The topological polar surface area (TPSA) is 67.4 Å². The summed E-state index contributed by atoms with van der Waals surface area (Å²) in [6, 6.07) is 8.20. The molecule has 0 saturated heterocycles. The zero-order chi connectivity index (χ0) is 20.8. The number of nitrogens with one attached hydrogen (secondary N) is 2. The molecule has 0 aliphatic heterocycles. The van der Waals surface area contributed by atoms with E-state index in [-0.39, 0.29) is 27.9 Å². The molecule has 2 aromatic rings. The van der Waals surface area contributed by atoms with Crippen LogP contribution in [0.2, 0.25) is 5.02 Å². The predicted molar refractivity (Wildman–Crippen MR) is 99.2 cm³/mol. The predicted octanol–water partition coefficient (Wildman–Crippen LogP) is 4.47. The summed E-state index contributed by atoms with van der Waals surface area (Å²) >= 11 is 5.86. The summed E-state index contributed by atoms with van der Waals surface area (Å²) in [4.78, 5) is 24.9. The number of rotatable bonds is 7. The van der Waals surface area contributed by atoms with Crippen LogP contribution in [-0.4, -0.2) is 24.5 Å². The summed E-state index contributed by atoms with van der Waals surface area (Å²) in [6.45, 7) is 0.383. The molecule has 2 aromatic carbocycles. The van der Waals surface area contributed by atoms with E-state index in [4.69, 9.17) is 11.6 Å². The number of anilines is 1. The van der Waals surface area contributed by atoms with Crippen molar-refractivity contribution in [2.75, 3.05) is 5.32 Å². The lowest BCUT2D eigenvalue weighted by Crippen LogP contribution is -2.47. The van der Waals surface area contributed by atoms with Gasteiger partial charge in [-0.1, -0.05) is 37.6 Å². The van der Waals surface area contributed by atoms with E-state index in [2.05, 4.69) is 15.4 Å². The smallest absolute Gasteiger partial charge is 0.387 e. The van der Waals surface area contributed by atoms with Gasteiger partial charge in [0, 0.05) is 5.69 Å². The maximum absolute atomic E-state index is 13.8. The first-order chi connectivity index (χ1) is 13.2. The van der Waals surface area contributed by atoms with Crippen molar-refractivity contribution >= 4 is 29.1 Å². The summed E-state index contributed by atoms with van der Waals surface area (Å²) in [6.07, 6.45) is 0. The Bertz CT molecular complexity index is 862. The van der Waals surface area contributed by atoms with E-state index in [1.165, 1.54) is 36.4 Å². The van der Waals surface area contributed by atoms with Crippen molar-refractivity contribution in [3.63, 3.8) is 0 Å². The third-order valence-corrected chi connectivity index (χ3v) is 4.07. The molecule has 5 nitrogen and oxygen atoms in total. The molecule has 28 heavy (non-hydrogen) atoms. The maximum atomic E-state index is 13.8. The summed E-state index contributed by atoms with van der Waals surface area (Å²) in [5, 5.41) is 4.92. The molecule has 2 rings (SSSR count). The quantitative estimate of drug-likeness (QED) is 0.702. The summed E-state index contributed by atoms with van der Waals surface area (Å²) in [5.74, 6) is -2.55. The van der Waals surface area contributed by atoms with E-state index in [1.807, 2.05) is 0 Å². The van der Waals surface area contributed by atoms with Gasteiger partial charge in [-0.3, -0.25) is 9.59 Å². The van der Waals surface area contributed by atoms with Crippen molar-refractivity contribution in [3.05, 3.63) is 58.9 Å². The molecule has 150 valence electrons. The van der Waals surface area contributed by atoms with Crippen molar-refractivity contribution in [3.8, 4) is 5.75 Å². The van der Waals surface area contributed by atoms with Gasteiger partial charge in [-0.15, -0.1) is 0 Å². The first kappa shape index (κ1) is 21.6. The molecule has 0 unspecified atom stereocenters. The van der Waals surface area contributed by atoms with Crippen LogP contribution in [0.5, 0.6) is 5.75 Å². The monoisotopic (exact) mass is 414 g/mol. The highest BCUT2D eigenvalue weighted by molar-refractivity contribution is 6.32. The zero-order valence-corrected chi connectivity index (χ0v) is 15.8. The number of alkyl halides is 2. The van der Waals surface area contributed by atoms with E-state index in [0.29, 0.717) is 0 Å². The van der Waals surface area contributed by atoms with Gasteiger partial charge in [0.1, 0.15) is 17.6 Å². The standard InChI is InChI=1S/C19H18ClF3N2O3/c1-10(2)16(25-17(26)12-5-3-4-6-14(12)21)18(27)24-11-7-8-15(13(20)9-11)28-19(22)23/h3-10,16,19H,1-2H3,(H,24,27)(H,25,26)/t16-/m0/s1. The van der Waals surface area contributed by atoms with Crippen LogP contribution >= 0.6 is 11.6 Å². The molecule has 0 bridgehead atoms. The van der Waals surface area contributed by atoms with E-state index >= 15 is 0 Å². The van der Waals surface area contributed by atoms with E-state index in [0.717, 1.165) is 6.07 Å². The fraction of sp³-hybridized carbons (Fsp3) is 0.263. The summed E-state index contributed by atoms with van der Waals surface area (Å²) < 4.78 is 42.6. The minimum atomic E-state index is -3.03. The normalized spacial score (nSPS) is 12.0. The Hall–Kier alpha value is -2.74. The number of hydrogen-bond donors (Lipinski definition) is 2. The Morgan fingerprint density at radius 1 is 1.11 bits per heavy atom. The van der Waals surface area contributed by atoms with Crippen molar-refractivity contribution in [1.29, 1.82) is 0 Å². The Morgan fingerprint density at radius 2 is 1.79 bits per heavy atom. The van der Waals surface area contributed by atoms with Crippen molar-refractivity contribution in [2.45, 2.75) is 26.5 Å². The van der Waals surface area contributed by atoms with Gasteiger partial charge in [-0.2, -0.15) is 8.78 Å². The number of ether oxygens (including phenoxy) is 1. The zero-order valence-electron chi connectivity index (χ0n) is 15.0. The van der Waals surface area contributed by atoms with Gasteiger partial charge in [-0.25, -0.2) is 4.39 Å². The fourth-order valence-corrected chi connectivity index (χ4v) is 2.61. The Labute approximate surface area is 164 Å². The average Bonchev–Trinajstić information content (AvgIpc) is 2.61. The molecule has 0 aromatic heterocycles. The minimum Gasteiger partial charge on any atom is -0.433 e. The highest BCUT2D eigenvalue weighted by Crippen LogP contribution is 2.29. The van der Waals surface area contributed by atoms with E-state index in [9.17, 15) is 22.8 Å². The molecular formula is C19H18ClF3N2O3. The van der Waals surface area contributed by atoms with Crippen LogP contribution in [-0.2, 0) is 4.79 Å². The molecule has 1 atom stereocenters. The molecule has 0 aliphatic rings. The molecule has 0 radical (unpaired) electrons. The highest BCUT2D eigenvalue weighted by atomic mass is 35.5. The third kappa shape index (κ3) is 5.63. The third-order valence-electron chi connectivity index (χ3n) is 3.77. The van der Waals surface area contributed by atoms with Gasteiger partial charge in [0.05, 0.1) is 10.6 Å². The van der Waals surface area contributed by atoms with Crippen molar-refractivity contribution in [2.24, 2.45) is 5.92 Å². The number of hydrogen-bond acceptors (Lipinski definition) is 3. The SMILES string of the molecule is CC(C)[C@H](NC(=O)c1ccccc1F)C(=O)Nc1ccc(OC(F)F)c(Cl)c1. The molecular weight excluding hydrogens is 397 g/mol. The Balaban J connectivity index is 2.12. The number of carbonyl (C=O) groups is 2. The van der Waals surface area contributed by atoms with Gasteiger partial charge in [0.15, 0.2) is 0 Å². The van der Waals surface area contributed by atoms with Gasteiger partial charge in [0.25, 0.3) is 5.91 Å². The van der Waals surface area contributed by atoms with Crippen LogP contribution in [0.1, 0.15) is 24.2 Å². The average molecular weight is 415 g/mol. The largest absolute Gasteiger partial charge is 0.433 e. The second-order valence-electron chi connectivity index (χ2n) is 6.19. The first-order valence-electron chi connectivity index (χ1n) is 8.29. The van der Waals surface area contributed by atoms with Gasteiger partial charge in [0.2, 0.25) is 5.91 Å². The lowest BCUT2D eigenvalue weighted by molar-refractivity contribution is -0.118. The highest BCUT2D eigenvalue weighted by Gasteiger charge is 2.26. The maximum Gasteiger partial charge on any atom is 0.387 e. The second kappa shape index (κ2) is 9.45. The van der Waals surface area contributed by atoms with Gasteiger partial charge in [-0.05, 0) is 36.2 Å². The molecule has 9 heteroatoms. The van der Waals surface area contributed by atoms with Crippen LogP contribution in [0.4, 0.5) is 18.9 Å². The molecule has 2 amide bonds. The van der Waals surface area contributed by atoms with E-state index < -0.39 is 30.3 Å². The Morgan fingerprint density at radius 3 is 2.36 bits per heavy atom. The van der Waals surface area contributed by atoms with Crippen LogP contribution in [0.15, 0.2) is 42.5 Å². The Kier molecular flexibility index (Phi) is 7.28. The van der Waals surface area contributed by atoms with Crippen molar-refractivity contribution in [1.82, 2.24) is 5.32 Å². The molecule has 0 fully saturated rings. The minimum absolute atomic E-state index is 0.116. The molecule has 2 N–H and O–H groups in total. The van der Waals surface area contributed by atoms with Crippen LogP contribution < -0.4 is 15.4 Å². The van der Waals surface area contributed by atoms with Gasteiger partial charge >= 0.3 is 6.61 Å². The fourth-order valence-electron chi connectivity index (χ4n) is 2.39. The summed E-state index contributed by atoms with van der Waals surface area (Å²) in [7, 11) is 0. The lowest BCUT2D eigenvalue weighted by atomic mass is 10.0. The number of amides is 2. The van der Waals surface area contributed by atoms with E-state index in [1.54, 1.807) is 13.8 Å². The molecule has 0 saturated carbocycles. The lowest BCUT2D eigenvalue weighted by Gasteiger charge is -2.22. The number of benzene rings is 2.